The van der Waals surface area contributed by atoms with Crippen LogP contribution in [-0.4, -0.2) is 36.6 Å². The molecule has 1 aliphatic rings. The van der Waals surface area contributed by atoms with E-state index in [1.54, 1.807) is 0 Å². The van der Waals surface area contributed by atoms with Crippen molar-refractivity contribution in [2.75, 3.05) is 19.8 Å². The minimum Gasteiger partial charge on any atom is -0.390 e. The summed E-state index contributed by atoms with van der Waals surface area (Å²) in [6.45, 7) is 3.32. The molecule has 0 amide bonds. The highest BCUT2D eigenvalue weighted by molar-refractivity contribution is 5.20. The molecule has 1 unspecified atom stereocenters. The Labute approximate surface area is 117 Å². The molecular weight excluding hydrogens is 266 g/mol. The van der Waals surface area contributed by atoms with Gasteiger partial charge in [0.1, 0.15) is 11.6 Å². The highest BCUT2D eigenvalue weighted by Gasteiger charge is 2.40. The molecular formula is C15H20F2O3. The second-order valence-corrected chi connectivity index (χ2v) is 5.07. The molecule has 3 nitrogen and oxygen atoms in total. The molecule has 0 spiro atoms. The zero-order valence-corrected chi connectivity index (χ0v) is 11.6. The Morgan fingerprint density at radius 3 is 2.70 bits per heavy atom. The number of halogens is 2. The van der Waals surface area contributed by atoms with Gasteiger partial charge in [-0.15, -0.1) is 0 Å². The van der Waals surface area contributed by atoms with E-state index in [-0.39, 0.29) is 12.0 Å². The van der Waals surface area contributed by atoms with Crippen molar-refractivity contribution in [2.24, 2.45) is 0 Å². The number of hydrogen-bond acceptors (Lipinski definition) is 3. The van der Waals surface area contributed by atoms with E-state index in [4.69, 9.17) is 9.47 Å². The Balaban J connectivity index is 2.15. The Morgan fingerprint density at radius 2 is 2.05 bits per heavy atom. The molecule has 1 aromatic carbocycles. The van der Waals surface area contributed by atoms with Gasteiger partial charge >= 0.3 is 0 Å². The van der Waals surface area contributed by atoms with Crippen LogP contribution < -0.4 is 0 Å². The Bertz CT molecular complexity index is 439. The molecule has 0 radical (unpaired) electrons. The van der Waals surface area contributed by atoms with E-state index in [0.29, 0.717) is 32.7 Å². The van der Waals surface area contributed by atoms with Crippen LogP contribution in [0.5, 0.6) is 0 Å². The molecule has 1 aromatic rings. The van der Waals surface area contributed by atoms with Gasteiger partial charge in [-0.2, -0.15) is 0 Å². The molecule has 0 saturated carbocycles. The third-order valence-corrected chi connectivity index (χ3v) is 3.80. The Hall–Kier alpha value is -1.04. The van der Waals surface area contributed by atoms with Gasteiger partial charge in [-0.05, 0) is 30.7 Å². The highest BCUT2D eigenvalue weighted by Crippen LogP contribution is 2.31. The standard InChI is InChI=1S/C15H20F2O3/c1-2-20-15(5-7-19-8-6-15)14(18)10-11-9-12(16)3-4-13(11)17/h3-4,9,14,18H,2,5-8,10H2,1H3. The average molecular weight is 286 g/mol. The van der Waals surface area contributed by atoms with Crippen molar-refractivity contribution in [1.29, 1.82) is 0 Å². The maximum absolute atomic E-state index is 13.7. The van der Waals surface area contributed by atoms with Crippen molar-refractivity contribution >= 4 is 0 Å². The van der Waals surface area contributed by atoms with Crippen molar-refractivity contribution in [3.63, 3.8) is 0 Å². The first-order valence-corrected chi connectivity index (χ1v) is 6.91. The van der Waals surface area contributed by atoms with Gasteiger partial charge in [-0.3, -0.25) is 0 Å². The van der Waals surface area contributed by atoms with Crippen LogP contribution in [0.1, 0.15) is 25.3 Å². The van der Waals surface area contributed by atoms with Crippen molar-refractivity contribution in [3.8, 4) is 0 Å². The molecule has 1 fully saturated rings. The fraction of sp³-hybridized carbons (Fsp3) is 0.600. The summed E-state index contributed by atoms with van der Waals surface area (Å²) >= 11 is 0. The van der Waals surface area contributed by atoms with Crippen molar-refractivity contribution < 1.29 is 23.4 Å². The van der Waals surface area contributed by atoms with Crippen LogP contribution in [0.2, 0.25) is 0 Å². The molecule has 112 valence electrons. The van der Waals surface area contributed by atoms with Crippen LogP contribution in [0.3, 0.4) is 0 Å². The summed E-state index contributed by atoms with van der Waals surface area (Å²) < 4.78 is 37.9. The molecule has 2 rings (SSSR count). The second kappa shape index (κ2) is 6.61. The van der Waals surface area contributed by atoms with Crippen molar-refractivity contribution in [3.05, 3.63) is 35.4 Å². The lowest BCUT2D eigenvalue weighted by Gasteiger charge is -2.40. The maximum atomic E-state index is 13.7. The SMILES string of the molecule is CCOC1(C(O)Cc2cc(F)ccc2F)CCOCC1. The predicted molar refractivity (Wildman–Crippen MR) is 70.5 cm³/mol. The zero-order valence-electron chi connectivity index (χ0n) is 11.6. The van der Waals surface area contributed by atoms with Crippen molar-refractivity contribution in [1.82, 2.24) is 0 Å². The smallest absolute Gasteiger partial charge is 0.126 e. The number of benzene rings is 1. The highest BCUT2D eigenvalue weighted by atomic mass is 19.1. The van der Waals surface area contributed by atoms with Gasteiger partial charge in [-0.1, -0.05) is 0 Å². The number of hydrogen-bond donors (Lipinski definition) is 1. The average Bonchev–Trinajstić information content (AvgIpc) is 2.44. The van der Waals surface area contributed by atoms with E-state index in [0.717, 1.165) is 18.2 Å². The first kappa shape index (κ1) is 15.4. The van der Waals surface area contributed by atoms with Crippen molar-refractivity contribution in [2.45, 2.75) is 37.9 Å². The van der Waals surface area contributed by atoms with Crippen LogP contribution in [-0.2, 0) is 15.9 Å². The number of aliphatic hydroxyl groups excluding tert-OH is 1. The lowest BCUT2D eigenvalue weighted by Crippen LogP contribution is -2.50. The van der Waals surface area contributed by atoms with Crippen LogP contribution >= 0.6 is 0 Å². The molecule has 5 heteroatoms. The molecule has 1 aliphatic heterocycles. The predicted octanol–water partition coefficient (Wildman–Crippen LogP) is 2.45. The second-order valence-electron chi connectivity index (χ2n) is 5.07. The van der Waals surface area contributed by atoms with E-state index in [1.807, 2.05) is 6.92 Å². The summed E-state index contributed by atoms with van der Waals surface area (Å²) in [5, 5.41) is 10.5. The maximum Gasteiger partial charge on any atom is 0.126 e. The van der Waals surface area contributed by atoms with E-state index < -0.39 is 23.3 Å². The summed E-state index contributed by atoms with van der Waals surface area (Å²) in [4.78, 5) is 0. The third-order valence-electron chi connectivity index (χ3n) is 3.80. The summed E-state index contributed by atoms with van der Waals surface area (Å²) in [6, 6.07) is 3.27. The van der Waals surface area contributed by atoms with Crippen LogP contribution in [0.4, 0.5) is 8.78 Å². The molecule has 0 aromatic heterocycles. The summed E-state index contributed by atoms with van der Waals surface area (Å²) in [5.74, 6) is -1.02. The lowest BCUT2D eigenvalue weighted by molar-refractivity contribution is -0.165. The van der Waals surface area contributed by atoms with Gasteiger partial charge < -0.3 is 14.6 Å². The molecule has 1 N–H and O–H groups in total. The van der Waals surface area contributed by atoms with E-state index in [2.05, 4.69) is 0 Å². The van der Waals surface area contributed by atoms with Crippen LogP contribution in [0.25, 0.3) is 0 Å². The number of rotatable bonds is 5. The normalized spacial score (nSPS) is 19.8. The molecule has 0 aliphatic carbocycles. The molecule has 1 atom stereocenters. The van der Waals surface area contributed by atoms with Crippen LogP contribution in [0.15, 0.2) is 18.2 Å². The summed E-state index contributed by atoms with van der Waals surface area (Å²) in [7, 11) is 0. The van der Waals surface area contributed by atoms with Gasteiger partial charge in [0.2, 0.25) is 0 Å². The van der Waals surface area contributed by atoms with E-state index >= 15 is 0 Å². The van der Waals surface area contributed by atoms with Gasteiger partial charge in [-0.25, -0.2) is 8.78 Å². The van der Waals surface area contributed by atoms with E-state index in [9.17, 15) is 13.9 Å². The largest absolute Gasteiger partial charge is 0.390 e. The zero-order chi connectivity index (χ0) is 14.6. The molecule has 1 heterocycles. The van der Waals surface area contributed by atoms with Gasteiger partial charge in [0, 0.05) is 39.1 Å². The Kier molecular flexibility index (Phi) is 5.07. The topological polar surface area (TPSA) is 38.7 Å². The van der Waals surface area contributed by atoms with Gasteiger partial charge in [0.15, 0.2) is 0 Å². The van der Waals surface area contributed by atoms with Crippen LogP contribution in [0, 0.1) is 11.6 Å². The quantitative estimate of drug-likeness (QED) is 0.903. The number of ether oxygens (including phenoxy) is 2. The molecule has 0 bridgehead atoms. The fourth-order valence-electron chi connectivity index (χ4n) is 2.67. The Morgan fingerprint density at radius 1 is 1.35 bits per heavy atom. The summed E-state index contributed by atoms with van der Waals surface area (Å²) in [6.07, 6.45) is 0.254. The monoisotopic (exact) mass is 286 g/mol. The first-order chi connectivity index (χ1) is 9.57. The first-order valence-electron chi connectivity index (χ1n) is 6.91. The fourth-order valence-corrected chi connectivity index (χ4v) is 2.67. The lowest BCUT2D eigenvalue weighted by atomic mass is 9.84. The van der Waals surface area contributed by atoms with Gasteiger partial charge in [0.05, 0.1) is 11.7 Å². The minimum absolute atomic E-state index is 0.0313. The van der Waals surface area contributed by atoms with E-state index in [1.165, 1.54) is 0 Å². The molecule has 1 saturated heterocycles. The number of aliphatic hydroxyl groups is 1. The minimum atomic E-state index is -0.886. The summed E-state index contributed by atoms with van der Waals surface area (Å²) in [5.41, 5.74) is -0.561. The van der Waals surface area contributed by atoms with Gasteiger partial charge in [0.25, 0.3) is 0 Å². The third kappa shape index (κ3) is 3.34. The molecule has 20 heavy (non-hydrogen) atoms.